The van der Waals surface area contributed by atoms with Crippen molar-refractivity contribution in [3.63, 3.8) is 0 Å². The van der Waals surface area contributed by atoms with E-state index in [1.54, 1.807) is 43.3 Å². The van der Waals surface area contributed by atoms with Crippen LogP contribution in [0.25, 0.3) is 22.6 Å². The molecular weight excluding hydrogens is 503 g/mol. The number of hydrogen-bond acceptors (Lipinski definition) is 7. The number of aromatic nitrogens is 3. The van der Waals surface area contributed by atoms with Crippen LogP contribution in [-0.2, 0) is 32.2 Å². The molecule has 0 N–H and O–H groups in total. The van der Waals surface area contributed by atoms with Crippen LogP contribution in [0.5, 0.6) is 0 Å². The van der Waals surface area contributed by atoms with Crippen molar-refractivity contribution in [1.82, 2.24) is 15.0 Å². The molecule has 0 fully saturated rings. The summed E-state index contributed by atoms with van der Waals surface area (Å²) in [6.45, 7) is 5.41. The second-order valence-corrected chi connectivity index (χ2v) is 12.5. The summed E-state index contributed by atoms with van der Waals surface area (Å²) in [5.41, 5.74) is 2.51. The van der Waals surface area contributed by atoms with Gasteiger partial charge in [-0.1, -0.05) is 39.0 Å². The molecule has 1 aromatic carbocycles. The van der Waals surface area contributed by atoms with E-state index in [4.69, 9.17) is 9.97 Å². The number of halogens is 1. The molecule has 2 aromatic heterocycles. The number of benzene rings is 1. The zero-order valence-electron chi connectivity index (χ0n) is 21.4. The molecule has 194 valence electrons. The third-order valence-corrected chi connectivity index (χ3v) is 9.47. The molecule has 3 atom stereocenters. The van der Waals surface area contributed by atoms with Crippen molar-refractivity contribution < 1.29 is 17.6 Å². The van der Waals surface area contributed by atoms with E-state index in [9.17, 15) is 18.5 Å². The van der Waals surface area contributed by atoms with Gasteiger partial charge in [-0.25, -0.2) is 22.8 Å². The van der Waals surface area contributed by atoms with Crippen molar-refractivity contribution in [1.29, 1.82) is 5.26 Å². The number of ketones is 1. The number of hydrogen-bond donors (Lipinski definition) is 0. The minimum Gasteiger partial charge on any atom is -0.293 e. The van der Waals surface area contributed by atoms with Gasteiger partial charge in [0.1, 0.15) is 11.9 Å². The summed E-state index contributed by atoms with van der Waals surface area (Å²) in [4.78, 5) is 26.8. The van der Waals surface area contributed by atoms with E-state index >= 15 is 4.39 Å². The van der Waals surface area contributed by atoms with Gasteiger partial charge in [-0.3, -0.25) is 9.78 Å². The monoisotopic (exact) mass is 530 g/mol. The molecule has 2 aliphatic rings. The zero-order valence-corrected chi connectivity index (χ0v) is 22.2. The molecule has 9 heteroatoms. The lowest BCUT2D eigenvalue weighted by molar-refractivity contribution is -0.121. The van der Waals surface area contributed by atoms with E-state index in [1.807, 2.05) is 13.8 Å². The Labute approximate surface area is 221 Å². The maximum atomic E-state index is 15.1. The largest absolute Gasteiger partial charge is 0.293 e. The van der Waals surface area contributed by atoms with Gasteiger partial charge in [0.2, 0.25) is 0 Å². The normalized spacial score (nSPS) is 22.7. The molecule has 0 saturated heterocycles. The molecule has 5 rings (SSSR count). The highest BCUT2D eigenvalue weighted by Crippen LogP contribution is 2.51. The quantitative estimate of drug-likeness (QED) is 0.467. The Morgan fingerprint density at radius 1 is 1.21 bits per heavy atom. The summed E-state index contributed by atoms with van der Waals surface area (Å²) in [5.74, 6) is -0.952. The second kappa shape index (κ2) is 9.52. The molecule has 0 radical (unpaired) electrons. The third-order valence-electron chi connectivity index (χ3n) is 7.85. The van der Waals surface area contributed by atoms with Gasteiger partial charge >= 0.3 is 0 Å². The lowest BCUT2D eigenvalue weighted by Crippen LogP contribution is -2.46. The molecule has 0 saturated carbocycles. The van der Waals surface area contributed by atoms with Gasteiger partial charge in [0.15, 0.2) is 21.4 Å². The van der Waals surface area contributed by atoms with Crippen LogP contribution in [0.4, 0.5) is 4.39 Å². The second-order valence-electron chi connectivity index (χ2n) is 10.2. The Hall–Kier alpha value is -3.77. The average Bonchev–Trinajstić information content (AvgIpc) is 2.90. The first kappa shape index (κ1) is 25.9. The molecule has 0 unspecified atom stereocenters. The lowest BCUT2D eigenvalue weighted by atomic mass is 9.57. The third kappa shape index (κ3) is 4.33. The van der Waals surface area contributed by atoms with Crippen molar-refractivity contribution in [2.24, 2.45) is 11.8 Å². The SMILES string of the molecule is CCS(=O)(=O)Cc1cc(-c2nc(-c3ccccc3F)c3c(n2)[C@]2(C)C=C(C#N)C(=O)[C@H](C)[C@H]2CC3)ccn1. The van der Waals surface area contributed by atoms with E-state index in [1.165, 1.54) is 12.3 Å². The van der Waals surface area contributed by atoms with Gasteiger partial charge in [0.25, 0.3) is 0 Å². The number of carbonyl (C=O) groups excluding carboxylic acids is 1. The van der Waals surface area contributed by atoms with Gasteiger partial charge in [0.05, 0.1) is 28.4 Å². The van der Waals surface area contributed by atoms with Crippen molar-refractivity contribution in [3.8, 4) is 28.7 Å². The number of pyridine rings is 1. The number of rotatable bonds is 5. The lowest BCUT2D eigenvalue weighted by Gasteiger charge is -2.45. The summed E-state index contributed by atoms with van der Waals surface area (Å²) < 4.78 is 39.5. The summed E-state index contributed by atoms with van der Waals surface area (Å²) in [6, 6.07) is 11.8. The predicted molar refractivity (Wildman–Crippen MR) is 141 cm³/mol. The standard InChI is InChI=1S/C29H27FN4O3S/c1-4-38(36,37)16-20-13-18(11-12-32-20)28-33-25(21-7-5-6-8-24(21)30)22-9-10-23-17(2)26(35)19(15-31)14-29(23,3)27(22)34-28/h5-8,11-14,17,23H,4,9-10,16H2,1-3H3/t17-,23-,29-/m1/s1. The van der Waals surface area contributed by atoms with Gasteiger partial charge in [-0.05, 0) is 43.0 Å². The topological polar surface area (TPSA) is 114 Å². The van der Waals surface area contributed by atoms with Gasteiger partial charge in [0, 0.05) is 40.0 Å². The Morgan fingerprint density at radius 2 is 1.97 bits per heavy atom. The molecular formula is C29H27FN4O3S. The Balaban J connectivity index is 1.77. The predicted octanol–water partition coefficient (Wildman–Crippen LogP) is 4.77. The van der Waals surface area contributed by atoms with Crippen LogP contribution >= 0.6 is 0 Å². The minimum atomic E-state index is -3.31. The van der Waals surface area contributed by atoms with Crippen LogP contribution in [0, 0.1) is 29.0 Å². The van der Waals surface area contributed by atoms with E-state index in [0.717, 1.165) is 5.56 Å². The van der Waals surface area contributed by atoms with Crippen LogP contribution < -0.4 is 0 Å². The van der Waals surface area contributed by atoms with Crippen LogP contribution in [0.3, 0.4) is 0 Å². The molecule has 2 heterocycles. The highest BCUT2D eigenvalue weighted by atomic mass is 32.2. The van der Waals surface area contributed by atoms with Crippen molar-refractivity contribution in [3.05, 3.63) is 77.0 Å². The molecule has 0 bridgehead atoms. The maximum absolute atomic E-state index is 15.1. The molecule has 3 aromatic rings. The average molecular weight is 531 g/mol. The molecule has 0 amide bonds. The minimum absolute atomic E-state index is 0.00407. The first-order valence-corrected chi connectivity index (χ1v) is 14.4. The summed E-state index contributed by atoms with van der Waals surface area (Å²) in [6.07, 6.45) is 4.46. The maximum Gasteiger partial charge on any atom is 0.176 e. The fraction of sp³-hybridized carbons (Fsp3) is 0.345. The summed E-state index contributed by atoms with van der Waals surface area (Å²) in [7, 11) is -3.31. The number of sulfone groups is 1. The number of nitrogens with zero attached hydrogens (tertiary/aromatic N) is 4. The van der Waals surface area contributed by atoms with E-state index < -0.39 is 21.1 Å². The summed E-state index contributed by atoms with van der Waals surface area (Å²) >= 11 is 0. The molecule has 2 aliphatic carbocycles. The molecule has 38 heavy (non-hydrogen) atoms. The van der Waals surface area contributed by atoms with Gasteiger partial charge in [-0.2, -0.15) is 5.26 Å². The first-order valence-electron chi connectivity index (χ1n) is 12.6. The fourth-order valence-corrected chi connectivity index (χ4v) is 6.61. The fourth-order valence-electron chi connectivity index (χ4n) is 5.80. The molecule has 0 spiro atoms. The highest BCUT2D eigenvalue weighted by Gasteiger charge is 2.49. The van der Waals surface area contributed by atoms with E-state index in [2.05, 4.69) is 11.1 Å². The van der Waals surface area contributed by atoms with Crippen molar-refractivity contribution in [2.45, 2.75) is 44.8 Å². The van der Waals surface area contributed by atoms with E-state index in [0.29, 0.717) is 46.9 Å². The van der Waals surface area contributed by atoms with Crippen LogP contribution in [0.15, 0.2) is 54.2 Å². The molecule has 7 nitrogen and oxygen atoms in total. The number of nitriles is 1. The first-order chi connectivity index (χ1) is 18.1. The van der Waals surface area contributed by atoms with Crippen LogP contribution in [-0.4, -0.2) is 34.9 Å². The smallest absolute Gasteiger partial charge is 0.176 e. The van der Waals surface area contributed by atoms with Crippen molar-refractivity contribution in [2.75, 3.05) is 5.75 Å². The van der Waals surface area contributed by atoms with Crippen LogP contribution in [0.1, 0.15) is 44.1 Å². The zero-order chi connectivity index (χ0) is 27.2. The van der Waals surface area contributed by atoms with E-state index in [-0.39, 0.29) is 34.7 Å². The van der Waals surface area contributed by atoms with Crippen molar-refractivity contribution >= 4 is 15.6 Å². The van der Waals surface area contributed by atoms with Crippen LogP contribution in [0.2, 0.25) is 0 Å². The number of fused-ring (bicyclic) bond motifs is 3. The Bertz CT molecular complexity index is 1640. The number of carbonyl (C=O) groups is 1. The number of allylic oxidation sites excluding steroid dienone is 2. The number of Topliss-reactive ketones (excluding diaryl/α,β-unsaturated/α-hetero) is 1. The Kier molecular flexibility index (Phi) is 6.48. The Morgan fingerprint density at radius 3 is 2.68 bits per heavy atom. The summed E-state index contributed by atoms with van der Waals surface area (Å²) in [5, 5.41) is 9.70. The molecule has 0 aliphatic heterocycles. The highest BCUT2D eigenvalue weighted by molar-refractivity contribution is 7.90. The van der Waals surface area contributed by atoms with Gasteiger partial charge < -0.3 is 0 Å². The van der Waals surface area contributed by atoms with Gasteiger partial charge in [-0.15, -0.1) is 0 Å².